The molecule has 0 radical (unpaired) electrons. The van der Waals surface area contributed by atoms with Gasteiger partial charge in [-0.1, -0.05) is 235 Å². The highest BCUT2D eigenvalue weighted by Crippen LogP contribution is 2.15. The Morgan fingerprint density at radius 1 is 0.359 bits per heavy atom. The van der Waals surface area contributed by atoms with Crippen molar-refractivity contribution in [1.29, 1.82) is 0 Å². The third kappa shape index (κ3) is 52.0. The number of unbranched alkanes of at least 4 members (excludes halogenated alkanes) is 27. The van der Waals surface area contributed by atoms with Gasteiger partial charge in [-0.15, -0.1) is 0 Å². The molecule has 0 bridgehead atoms. The molecule has 0 aromatic rings. The van der Waals surface area contributed by atoms with Crippen LogP contribution in [0.2, 0.25) is 0 Å². The Hall–Kier alpha value is -2.66. The van der Waals surface area contributed by atoms with Crippen molar-refractivity contribution < 1.29 is 23.8 Å². The fourth-order valence-corrected chi connectivity index (χ4v) is 7.65. The lowest BCUT2D eigenvalue weighted by Gasteiger charge is -2.18. The second-order valence-corrected chi connectivity index (χ2v) is 18.1. The Bertz CT molecular complexity index is 1150. The van der Waals surface area contributed by atoms with E-state index in [-0.39, 0.29) is 25.2 Å². The van der Waals surface area contributed by atoms with Crippen molar-refractivity contribution in [1.82, 2.24) is 0 Å². The van der Waals surface area contributed by atoms with Gasteiger partial charge in [0, 0.05) is 19.4 Å². The van der Waals surface area contributed by atoms with Gasteiger partial charge in [-0.3, -0.25) is 9.59 Å². The summed E-state index contributed by atoms with van der Waals surface area (Å²) in [5.41, 5.74) is 0. The molecule has 0 fully saturated rings. The molecule has 5 nitrogen and oxygen atoms in total. The quantitative estimate of drug-likeness (QED) is 0.0346. The number of esters is 2. The lowest BCUT2D eigenvalue weighted by atomic mass is 10.0. The predicted molar refractivity (Wildman–Crippen MR) is 279 cm³/mol. The normalized spacial score (nSPS) is 12.7. The van der Waals surface area contributed by atoms with Crippen LogP contribution in [0.3, 0.4) is 0 Å². The Morgan fingerprint density at radius 3 is 1.16 bits per heavy atom. The molecule has 0 aliphatic rings. The summed E-state index contributed by atoms with van der Waals surface area (Å²) in [7, 11) is 0. The molecule has 0 aromatic heterocycles. The first kappa shape index (κ1) is 61.3. The van der Waals surface area contributed by atoms with Crippen LogP contribution >= 0.6 is 0 Å². The monoisotopic (exact) mass is 893 g/mol. The molecule has 0 aliphatic heterocycles. The second-order valence-electron chi connectivity index (χ2n) is 18.1. The van der Waals surface area contributed by atoms with Crippen LogP contribution in [-0.4, -0.2) is 37.9 Å². The third-order valence-electron chi connectivity index (χ3n) is 11.7. The minimum atomic E-state index is -0.550. The molecular weight excluding hydrogens is 789 g/mol. The Labute approximate surface area is 397 Å². The highest BCUT2D eigenvalue weighted by Gasteiger charge is 2.17. The number of allylic oxidation sites excluding steroid dienone is 12. The van der Waals surface area contributed by atoms with E-state index in [1.165, 1.54) is 141 Å². The summed E-state index contributed by atoms with van der Waals surface area (Å²) in [6.07, 6.45) is 70.5. The lowest BCUT2D eigenvalue weighted by molar-refractivity contribution is -0.163. The first-order valence-corrected chi connectivity index (χ1v) is 27.5. The number of hydrogen-bond acceptors (Lipinski definition) is 5. The first-order valence-electron chi connectivity index (χ1n) is 27.5. The molecule has 0 saturated carbocycles. The Balaban J connectivity index is 4.30. The molecule has 0 N–H and O–H groups in total. The van der Waals surface area contributed by atoms with E-state index in [0.717, 1.165) is 89.9 Å². The maximum atomic E-state index is 12.8. The van der Waals surface area contributed by atoms with Gasteiger partial charge in [0.2, 0.25) is 0 Å². The zero-order valence-corrected chi connectivity index (χ0v) is 42.5. The van der Waals surface area contributed by atoms with Crippen molar-refractivity contribution >= 4 is 11.9 Å². The van der Waals surface area contributed by atoms with Crippen molar-refractivity contribution in [3.8, 4) is 0 Å². The van der Waals surface area contributed by atoms with Crippen LogP contribution in [0.5, 0.6) is 0 Å². The fourth-order valence-electron chi connectivity index (χ4n) is 7.65. The van der Waals surface area contributed by atoms with Crippen molar-refractivity contribution in [3.05, 3.63) is 72.9 Å². The molecule has 370 valence electrons. The molecule has 5 heteroatoms. The van der Waals surface area contributed by atoms with E-state index in [1.54, 1.807) is 0 Å². The Kier molecular flexibility index (Phi) is 52.4. The molecule has 0 aromatic carbocycles. The maximum absolute atomic E-state index is 12.8. The molecule has 0 amide bonds. The van der Waals surface area contributed by atoms with Gasteiger partial charge in [-0.25, -0.2) is 0 Å². The van der Waals surface area contributed by atoms with Crippen molar-refractivity contribution in [3.63, 3.8) is 0 Å². The summed E-state index contributed by atoms with van der Waals surface area (Å²) in [6.45, 7) is 7.68. The average molecular weight is 893 g/mol. The van der Waals surface area contributed by atoms with Crippen LogP contribution in [0.15, 0.2) is 72.9 Å². The smallest absolute Gasteiger partial charge is 0.306 e. The van der Waals surface area contributed by atoms with Gasteiger partial charge in [0.25, 0.3) is 0 Å². The van der Waals surface area contributed by atoms with E-state index >= 15 is 0 Å². The number of rotatable bonds is 50. The largest absolute Gasteiger partial charge is 0.462 e. The van der Waals surface area contributed by atoms with Gasteiger partial charge in [-0.05, 0) is 89.9 Å². The van der Waals surface area contributed by atoms with Crippen molar-refractivity contribution in [2.75, 3.05) is 19.8 Å². The number of ether oxygens (including phenoxy) is 3. The van der Waals surface area contributed by atoms with E-state index < -0.39 is 6.10 Å². The maximum Gasteiger partial charge on any atom is 0.306 e. The van der Waals surface area contributed by atoms with Gasteiger partial charge in [0.1, 0.15) is 6.61 Å². The van der Waals surface area contributed by atoms with E-state index in [1.807, 2.05) is 0 Å². The summed E-state index contributed by atoms with van der Waals surface area (Å²) >= 11 is 0. The summed E-state index contributed by atoms with van der Waals surface area (Å²) < 4.78 is 17.4. The van der Waals surface area contributed by atoms with Crippen LogP contribution in [0.25, 0.3) is 0 Å². The number of hydrogen-bond donors (Lipinski definition) is 0. The topological polar surface area (TPSA) is 61.8 Å². The minimum absolute atomic E-state index is 0.0704. The van der Waals surface area contributed by atoms with Crippen LogP contribution in [0, 0.1) is 0 Å². The van der Waals surface area contributed by atoms with Crippen LogP contribution in [-0.2, 0) is 23.8 Å². The summed E-state index contributed by atoms with van der Waals surface area (Å²) in [4.78, 5) is 25.4. The molecule has 0 aliphatic carbocycles. The predicted octanol–water partition coefficient (Wildman–Crippen LogP) is 18.7. The average Bonchev–Trinajstić information content (AvgIpc) is 3.30. The molecule has 64 heavy (non-hydrogen) atoms. The van der Waals surface area contributed by atoms with E-state index in [2.05, 4.69) is 93.7 Å². The van der Waals surface area contributed by atoms with Gasteiger partial charge in [-0.2, -0.15) is 0 Å². The van der Waals surface area contributed by atoms with Gasteiger partial charge in [0.15, 0.2) is 6.10 Å². The SMILES string of the molecule is CC/C=C\C/C=C\C/C=C\C/C=C\CCCCCCC(=O)OCC(COCCCCCCCCCC/C=C\C/C=C\CCCCC)OC(=O)CCCCCCCCCCCCCCC. The standard InChI is InChI=1S/C59H104O5/c1-4-7-10-13-16-19-22-25-27-29-31-33-36-39-42-45-48-51-54-62-55-57(64-59(61)53-50-47-44-41-38-34-24-21-18-15-12-9-6-3)56-63-58(60)52-49-46-43-40-37-35-32-30-28-26-23-20-17-14-11-8-5-2/h8,11,16-17,19-20,25-28,32,35,57H,4-7,9-10,12-15,18,21-24,29-31,33-34,36-56H2,1-3H3/b11-8-,19-16-,20-17-,27-25-,28-26-,35-32-. The van der Waals surface area contributed by atoms with Crippen molar-refractivity contribution in [2.24, 2.45) is 0 Å². The highest BCUT2D eigenvalue weighted by molar-refractivity contribution is 5.70. The zero-order valence-electron chi connectivity index (χ0n) is 42.5. The summed E-state index contributed by atoms with van der Waals surface area (Å²) in [5, 5.41) is 0. The molecule has 1 atom stereocenters. The second kappa shape index (κ2) is 54.7. The number of carbonyl (C=O) groups is 2. The molecule has 1 unspecified atom stereocenters. The molecular formula is C59H104O5. The minimum Gasteiger partial charge on any atom is -0.462 e. The van der Waals surface area contributed by atoms with Gasteiger partial charge < -0.3 is 14.2 Å². The molecule has 0 heterocycles. The van der Waals surface area contributed by atoms with E-state index in [0.29, 0.717) is 19.4 Å². The van der Waals surface area contributed by atoms with E-state index in [9.17, 15) is 9.59 Å². The van der Waals surface area contributed by atoms with Crippen LogP contribution in [0.1, 0.15) is 265 Å². The highest BCUT2D eigenvalue weighted by atomic mass is 16.6. The summed E-state index contributed by atoms with van der Waals surface area (Å²) in [5.74, 6) is -0.420. The van der Waals surface area contributed by atoms with Gasteiger partial charge in [0.05, 0.1) is 6.61 Å². The number of carbonyl (C=O) groups excluding carboxylic acids is 2. The molecule has 0 rings (SSSR count). The van der Waals surface area contributed by atoms with E-state index in [4.69, 9.17) is 14.2 Å². The van der Waals surface area contributed by atoms with Crippen molar-refractivity contribution in [2.45, 2.75) is 271 Å². The fraction of sp³-hybridized carbons (Fsp3) is 0.763. The summed E-state index contributed by atoms with van der Waals surface area (Å²) in [6, 6.07) is 0. The zero-order chi connectivity index (χ0) is 46.3. The molecule has 0 saturated heterocycles. The molecule has 0 spiro atoms. The Morgan fingerprint density at radius 2 is 0.703 bits per heavy atom. The third-order valence-corrected chi connectivity index (χ3v) is 11.7. The first-order chi connectivity index (χ1) is 31.6. The van der Waals surface area contributed by atoms with Gasteiger partial charge >= 0.3 is 11.9 Å². The lowest BCUT2D eigenvalue weighted by Crippen LogP contribution is -2.30. The van der Waals surface area contributed by atoms with Crippen LogP contribution in [0.4, 0.5) is 0 Å². The van der Waals surface area contributed by atoms with Crippen LogP contribution < -0.4 is 0 Å².